The largest absolute Gasteiger partial charge is 0.490 e. The number of carboxylic acid groups (broad SMARTS) is 1. The molecule has 2 aromatic heterocycles. The fourth-order valence-corrected chi connectivity index (χ4v) is 4.23. The molecule has 0 amide bonds. The van der Waals surface area contributed by atoms with Gasteiger partial charge in [0, 0.05) is 9.86 Å². The van der Waals surface area contributed by atoms with Crippen molar-refractivity contribution in [1.29, 1.82) is 0 Å². The summed E-state index contributed by atoms with van der Waals surface area (Å²) in [7, 11) is 0. The zero-order valence-electron chi connectivity index (χ0n) is 20.4. The van der Waals surface area contributed by atoms with Gasteiger partial charge >= 0.3 is 5.97 Å². The van der Waals surface area contributed by atoms with Crippen LogP contribution in [0.2, 0.25) is 0 Å². The van der Waals surface area contributed by atoms with E-state index in [2.05, 4.69) is 26.0 Å². The molecule has 0 aliphatic carbocycles. The number of furan rings is 1. The third-order valence-corrected chi connectivity index (χ3v) is 6.19. The van der Waals surface area contributed by atoms with Gasteiger partial charge in [0.2, 0.25) is 5.82 Å². The highest BCUT2D eigenvalue weighted by Crippen LogP contribution is 2.30. The molecule has 0 saturated heterocycles. The Kier molecular flexibility index (Phi) is 6.97. The van der Waals surface area contributed by atoms with Crippen molar-refractivity contribution in [2.24, 2.45) is 5.10 Å². The first-order valence-corrected chi connectivity index (χ1v) is 12.5. The summed E-state index contributed by atoms with van der Waals surface area (Å²) >= 11 is 3.46. The number of rotatable bonds is 8. The quantitative estimate of drug-likeness (QED) is 0.236. The third kappa shape index (κ3) is 5.03. The SMILES string of the molecule is CCOc1cc(C=Nn2c(-c3cc4cc(Br)ccc4o3)nc3ccccc3c2=O)ccc1O[C@H](C)C(=O)O. The first kappa shape index (κ1) is 25.2. The Morgan fingerprint density at radius 1 is 1.16 bits per heavy atom. The van der Waals surface area contributed by atoms with Crippen LogP contribution in [-0.2, 0) is 4.79 Å². The molecule has 10 heteroatoms. The van der Waals surface area contributed by atoms with Gasteiger partial charge < -0.3 is 19.0 Å². The number of benzene rings is 3. The normalized spacial score (nSPS) is 12.3. The molecular formula is C28H22BrN3O6. The average molecular weight is 576 g/mol. The van der Waals surface area contributed by atoms with E-state index in [4.69, 9.17) is 13.9 Å². The molecule has 1 atom stereocenters. The summed E-state index contributed by atoms with van der Waals surface area (Å²) in [6.45, 7) is 3.59. The van der Waals surface area contributed by atoms with Crippen LogP contribution in [0.5, 0.6) is 11.5 Å². The van der Waals surface area contributed by atoms with Crippen molar-refractivity contribution in [2.75, 3.05) is 6.61 Å². The maximum absolute atomic E-state index is 13.5. The number of aliphatic carboxylic acids is 1. The summed E-state index contributed by atoms with van der Waals surface area (Å²) in [5.41, 5.74) is 1.41. The lowest BCUT2D eigenvalue weighted by atomic mass is 10.2. The molecule has 0 aliphatic heterocycles. The highest BCUT2D eigenvalue weighted by atomic mass is 79.9. The van der Waals surface area contributed by atoms with E-state index in [9.17, 15) is 14.7 Å². The van der Waals surface area contributed by atoms with Crippen LogP contribution in [0.4, 0.5) is 0 Å². The Bertz CT molecular complexity index is 1760. The number of hydrogen-bond donors (Lipinski definition) is 1. The van der Waals surface area contributed by atoms with Crippen LogP contribution in [0.1, 0.15) is 19.4 Å². The van der Waals surface area contributed by atoms with Crippen molar-refractivity contribution in [2.45, 2.75) is 20.0 Å². The molecule has 1 N–H and O–H groups in total. The van der Waals surface area contributed by atoms with Crippen molar-refractivity contribution < 1.29 is 23.8 Å². The number of hydrogen-bond acceptors (Lipinski definition) is 7. The summed E-state index contributed by atoms with van der Waals surface area (Å²) in [4.78, 5) is 29.4. The second kappa shape index (κ2) is 10.5. The van der Waals surface area contributed by atoms with Crippen molar-refractivity contribution in [1.82, 2.24) is 9.66 Å². The van der Waals surface area contributed by atoms with E-state index < -0.39 is 12.1 Å². The van der Waals surface area contributed by atoms with E-state index in [0.717, 1.165) is 9.86 Å². The molecule has 0 aliphatic rings. The molecule has 0 bridgehead atoms. The maximum Gasteiger partial charge on any atom is 0.344 e. The fraction of sp³-hybridized carbons (Fsp3) is 0.143. The summed E-state index contributed by atoms with van der Waals surface area (Å²) in [6, 6.07) is 19.4. The van der Waals surface area contributed by atoms with Gasteiger partial charge in [0.15, 0.2) is 23.4 Å². The second-order valence-electron chi connectivity index (χ2n) is 8.34. The minimum absolute atomic E-state index is 0.248. The molecule has 0 unspecified atom stereocenters. The number of aromatic nitrogens is 2. The molecule has 5 rings (SSSR count). The van der Waals surface area contributed by atoms with E-state index >= 15 is 0 Å². The molecule has 192 valence electrons. The highest BCUT2D eigenvalue weighted by molar-refractivity contribution is 9.10. The standard InChI is InChI=1S/C28H22BrN3O6/c1-3-36-24-12-17(8-10-23(24)37-16(2)28(34)35)15-30-32-26(31-21-7-5-4-6-20(21)27(32)33)25-14-18-13-19(29)9-11-22(18)38-25/h4-16H,3H2,1-2H3,(H,34,35)/t16-/m1/s1. The Hall–Kier alpha value is -4.44. The molecule has 9 nitrogen and oxygen atoms in total. The van der Waals surface area contributed by atoms with Crippen LogP contribution in [0, 0.1) is 0 Å². The van der Waals surface area contributed by atoms with Gasteiger partial charge in [-0.3, -0.25) is 4.79 Å². The van der Waals surface area contributed by atoms with Gasteiger partial charge in [0.25, 0.3) is 5.56 Å². The molecule has 0 saturated carbocycles. The lowest BCUT2D eigenvalue weighted by Gasteiger charge is -2.15. The zero-order chi connectivity index (χ0) is 26.8. The predicted octanol–water partition coefficient (Wildman–Crippen LogP) is 5.71. The van der Waals surface area contributed by atoms with Gasteiger partial charge in [-0.2, -0.15) is 9.78 Å². The van der Waals surface area contributed by atoms with Gasteiger partial charge in [-0.25, -0.2) is 9.78 Å². The van der Waals surface area contributed by atoms with Crippen LogP contribution >= 0.6 is 15.9 Å². The van der Waals surface area contributed by atoms with Crippen molar-refractivity contribution >= 4 is 50.0 Å². The highest BCUT2D eigenvalue weighted by Gasteiger charge is 2.18. The number of fused-ring (bicyclic) bond motifs is 2. The molecule has 0 fully saturated rings. The first-order valence-electron chi connectivity index (χ1n) is 11.8. The minimum Gasteiger partial charge on any atom is -0.490 e. The van der Waals surface area contributed by atoms with Crippen LogP contribution in [0.25, 0.3) is 33.5 Å². The van der Waals surface area contributed by atoms with Gasteiger partial charge in [0.1, 0.15) is 5.58 Å². The molecule has 0 radical (unpaired) electrons. The van der Waals surface area contributed by atoms with E-state index in [0.29, 0.717) is 40.2 Å². The first-order chi connectivity index (χ1) is 18.3. The van der Waals surface area contributed by atoms with Gasteiger partial charge in [0.05, 0.1) is 23.7 Å². The Labute approximate surface area is 225 Å². The number of carboxylic acids is 1. The van der Waals surface area contributed by atoms with Crippen molar-refractivity contribution in [3.05, 3.63) is 87.1 Å². The zero-order valence-corrected chi connectivity index (χ0v) is 22.0. The van der Waals surface area contributed by atoms with Gasteiger partial charge in [-0.05, 0) is 74.0 Å². The molecule has 3 aromatic carbocycles. The van der Waals surface area contributed by atoms with E-state index in [1.807, 2.05) is 37.3 Å². The number of ether oxygens (including phenoxy) is 2. The van der Waals surface area contributed by atoms with Gasteiger partial charge in [-0.1, -0.05) is 28.1 Å². The summed E-state index contributed by atoms with van der Waals surface area (Å²) in [6.07, 6.45) is 0.441. The summed E-state index contributed by atoms with van der Waals surface area (Å²) in [5, 5.41) is 14.9. The predicted molar refractivity (Wildman–Crippen MR) is 147 cm³/mol. The Balaban J connectivity index is 1.60. The Morgan fingerprint density at radius 3 is 2.76 bits per heavy atom. The lowest BCUT2D eigenvalue weighted by Crippen LogP contribution is -2.23. The minimum atomic E-state index is -1.09. The van der Waals surface area contributed by atoms with Crippen LogP contribution in [0.3, 0.4) is 0 Å². The average Bonchev–Trinajstić information content (AvgIpc) is 3.32. The number of nitrogens with zero attached hydrogens (tertiary/aromatic N) is 3. The van der Waals surface area contributed by atoms with E-state index in [1.165, 1.54) is 17.8 Å². The second-order valence-corrected chi connectivity index (χ2v) is 9.26. The summed E-state index contributed by atoms with van der Waals surface area (Å²) < 4.78 is 19.3. The smallest absolute Gasteiger partial charge is 0.344 e. The molecule has 2 heterocycles. The van der Waals surface area contributed by atoms with Crippen LogP contribution < -0.4 is 15.0 Å². The number of halogens is 1. The van der Waals surface area contributed by atoms with Crippen molar-refractivity contribution in [3.63, 3.8) is 0 Å². The number of para-hydroxylation sites is 1. The molecule has 0 spiro atoms. The van der Waals surface area contributed by atoms with E-state index in [1.54, 1.807) is 36.4 Å². The van der Waals surface area contributed by atoms with Gasteiger partial charge in [-0.15, -0.1) is 0 Å². The molecule has 38 heavy (non-hydrogen) atoms. The fourth-order valence-electron chi connectivity index (χ4n) is 3.85. The Morgan fingerprint density at radius 2 is 1.97 bits per heavy atom. The van der Waals surface area contributed by atoms with Crippen LogP contribution in [0.15, 0.2) is 85.5 Å². The maximum atomic E-state index is 13.5. The van der Waals surface area contributed by atoms with E-state index in [-0.39, 0.29) is 17.1 Å². The molecule has 5 aromatic rings. The molecular weight excluding hydrogens is 554 g/mol. The lowest BCUT2D eigenvalue weighted by molar-refractivity contribution is -0.144. The summed E-state index contributed by atoms with van der Waals surface area (Å²) in [5.74, 6) is 0.193. The monoisotopic (exact) mass is 575 g/mol. The number of carbonyl (C=O) groups is 1. The van der Waals surface area contributed by atoms with Crippen LogP contribution in [-0.4, -0.2) is 39.7 Å². The van der Waals surface area contributed by atoms with Crippen molar-refractivity contribution in [3.8, 4) is 23.1 Å². The third-order valence-electron chi connectivity index (χ3n) is 5.69. The topological polar surface area (TPSA) is 116 Å².